The monoisotopic (exact) mass is 299 g/mol. The number of carbonyl (C=O) groups is 1. The van der Waals surface area contributed by atoms with E-state index in [-0.39, 0.29) is 16.9 Å². The number of amides is 1. The molecule has 3 heteroatoms. The molecule has 2 aromatic rings. The zero-order valence-corrected chi connectivity index (χ0v) is 13.5. The zero-order chi connectivity index (χ0) is 16.3. The maximum atomic E-state index is 13.7. The van der Waals surface area contributed by atoms with Gasteiger partial charge < -0.3 is 5.32 Å². The number of rotatable bonds is 4. The Bertz CT molecular complexity index is 674. The van der Waals surface area contributed by atoms with E-state index in [1.165, 1.54) is 11.6 Å². The molecule has 22 heavy (non-hydrogen) atoms. The summed E-state index contributed by atoms with van der Waals surface area (Å²) in [6.07, 6.45) is 0. The molecule has 116 valence electrons. The molecule has 0 aliphatic carbocycles. The Hall–Kier alpha value is -2.16. The summed E-state index contributed by atoms with van der Waals surface area (Å²) in [6, 6.07) is 12.8. The van der Waals surface area contributed by atoms with Crippen molar-refractivity contribution in [2.75, 3.05) is 6.54 Å². The Morgan fingerprint density at radius 1 is 1.05 bits per heavy atom. The molecule has 0 spiro atoms. The third-order valence-corrected chi connectivity index (χ3v) is 3.89. The van der Waals surface area contributed by atoms with Crippen LogP contribution in [-0.2, 0) is 5.41 Å². The van der Waals surface area contributed by atoms with Crippen molar-refractivity contribution < 1.29 is 9.18 Å². The van der Waals surface area contributed by atoms with E-state index in [1.807, 2.05) is 13.8 Å². The van der Waals surface area contributed by atoms with E-state index in [0.29, 0.717) is 6.54 Å². The summed E-state index contributed by atoms with van der Waals surface area (Å²) in [4.78, 5) is 12.2. The molecule has 1 amide bonds. The van der Waals surface area contributed by atoms with Crippen LogP contribution in [0.15, 0.2) is 42.5 Å². The van der Waals surface area contributed by atoms with Crippen LogP contribution in [0.25, 0.3) is 0 Å². The van der Waals surface area contributed by atoms with Gasteiger partial charge in [-0.05, 0) is 31.5 Å². The minimum Gasteiger partial charge on any atom is -0.351 e. The van der Waals surface area contributed by atoms with Crippen molar-refractivity contribution in [2.45, 2.75) is 33.1 Å². The molecule has 2 rings (SSSR count). The number of nitrogens with one attached hydrogen (secondary N) is 1. The standard InChI is InChI=1S/C19H22FNO/c1-13-5-8-15(9-6-13)19(3,4)12-21-18(22)16-11-14(2)7-10-17(16)20/h5-11H,12H2,1-4H3,(H,21,22). The van der Waals surface area contributed by atoms with Gasteiger partial charge in [0.15, 0.2) is 0 Å². The summed E-state index contributed by atoms with van der Waals surface area (Å²) in [6.45, 7) is 8.45. The fraction of sp³-hybridized carbons (Fsp3) is 0.316. The predicted molar refractivity (Wildman–Crippen MR) is 87.7 cm³/mol. The molecule has 0 aliphatic rings. The zero-order valence-electron chi connectivity index (χ0n) is 13.5. The molecule has 1 N–H and O–H groups in total. The number of aryl methyl sites for hydroxylation is 2. The maximum absolute atomic E-state index is 13.7. The van der Waals surface area contributed by atoms with Crippen molar-refractivity contribution in [1.82, 2.24) is 5.32 Å². The summed E-state index contributed by atoms with van der Waals surface area (Å²) in [5.74, 6) is -0.863. The van der Waals surface area contributed by atoms with Gasteiger partial charge in [-0.3, -0.25) is 4.79 Å². The molecule has 0 atom stereocenters. The van der Waals surface area contributed by atoms with Crippen LogP contribution >= 0.6 is 0 Å². The van der Waals surface area contributed by atoms with Gasteiger partial charge in [-0.2, -0.15) is 0 Å². The highest BCUT2D eigenvalue weighted by Crippen LogP contribution is 2.23. The van der Waals surface area contributed by atoms with Gasteiger partial charge in [-0.25, -0.2) is 4.39 Å². The van der Waals surface area contributed by atoms with E-state index in [1.54, 1.807) is 12.1 Å². The van der Waals surface area contributed by atoms with Crippen LogP contribution in [0.4, 0.5) is 4.39 Å². The van der Waals surface area contributed by atoms with Gasteiger partial charge in [0.25, 0.3) is 5.91 Å². The van der Waals surface area contributed by atoms with E-state index >= 15 is 0 Å². The molecule has 0 fully saturated rings. The van der Waals surface area contributed by atoms with Crippen LogP contribution in [0.5, 0.6) is 0 Å². The topological polar surface area (TPSA) is 29.1 Å². The van der Waals surface area contributed by atoms with Crippen LogP contribution in [0.2, 0.25) is 0 Å². The quantitative estimate of drug-likeness (QED) is 0.903. The fourth-order valence-corrected chi connectivity index (χ4v) is 2.32. The van der Waals surface area contributed by atoms with Gasteiger partial charge in [0.1, 0.15) is 5.82 Å². The van der Waals surface area contributed by atoms with E-state index in [9.17, 15) is 9.18 Å². The van der Waals surface area contributed by atoms with Crippen LogP contribution in [0, 0.1) is 19.7 Å². The number of carbonyl (C=O) groups excluding carboxylic acids is 1. The summed E-state index contributed by atoms with van der Waals surface area (Å²) < 4.78 is 13.7. The molecule has 2 nitrogen and oxygen atoms in total. The van der Waals surface area contributed by atoms with Gasteiger partial charge in [0.2, 0.25) is 0 Å². The van der Waals surface area contributed by atoms with Gasteiger partial charge >= 0.3 is 0 Å². The number of halogens is 1. The second-order valence-electron chi connectivity index (χ2n) is 6.42. The predicted octanol–water partition coefficient (Wildman–Crippen LogP) is 4.15. The first-order chi connectivity index (χ1) is 10.3. The second kappa shape index (κ2) is 6.30. The third kappa shape index (κ3) is 3.73. The van der Waals surface area contributed by atoms with E-state index in [0.717, 1.165) is 11.1 Å². The molecule has 0 aliphatic heterocycles. The van der Waals surface area contributed by atoms with Crippen molar-refractivity contribution in [3.63, 3.8) is 0 Å². The lowest BCUT2D eigenvalue weighted by Gasteiger charge is -2.26. The average Bonchev–Trinajstić information content (AvgIpc) is 2.48. The molecule has 0 aromatic heterocycles. The van der Waals surface area contributed by atoms with Crippen molar-refractivity contribution in [3.05, 3.63) is 70.5 Å². The van der Waals surface area contributed by atoms with Crippen molar-refractivity contribution in [2.24, 2.45) is 0 Å². The van der Waals surface area contributed by atoms with E-state index in [4.69, 9.17) is 0 Å². The summed E-state index contributed by atoms with van der Waals surface area (Å²) in [5, 5.41) is 2.84. The Balaban J connectivity index is 2.09. The SMILES string of the molecule is Cc1ccc(C(C)(C)CNC(=O)c2cc(C)ccc2F)cc1. The molecule has 0 unspecified atom stereocenters. The highest BCUT2D eigenvalue weighted by Gasteiger charge is 2.22. The first kappa shape index (κ1) is 16.2. The Morgan fingerprint density at radius 2 is 1.64 bits per heavy atom. The Labute approximate surface area is 131 Å². The molecular formula is C19H22FNO. The minimum atomic E-state index is -0.490. The number of hydrogen-bond acceptors (Lipinski definition) is 1. The number of hydrogen-bond donors (Lipinski definition) is 1. The minimum absolute atomic E-state index is 0.0970. The van der Waals surface area contributed by atoms with E-state index < -0.39 is 5.82 Å². The third-order valence-electron chi connectivity index (χ3n) is 3.89. The molecule has 2 aromatic carbocycles. The summed E-state index contributed by atoms with van der Waals surface area (Å²) in [7, 11) is 0. The van der Waals surface area contributed by atoms with Gasteiger partial charge in [0.05, 0.1) is 5.56 Å². The smallest absolute Gasteiger partial charge is 0.254 e. The lowest BCUT2D eigenvalue weighted by Crippen LogP contribution is -2.37. The summed E-state index contributed by atoms with van der Waals surface area (Å²) in [5.41, 5.74) is 3.08. The highest BCUT2D eigenvalue weighted by molar-refractivity contribution is 5.94. The summed E-state index contributed by atoms with van der Waals surface area (Å²) >= 11 is 0. The average molecular weight is 299 g/mol. The van der Waals surface area contributed by atoms with Crippen LogP contribution in [0.1, 0.15) is 40.9 Å². The molecule has 0 saturated heterocycles. The molecule has 0 heterocycles. The first-order valence-corrected chi connectivity index (χ1v) is 7.41. The van der Waals surface area contributed by atoms with E-state index in [2.05, 4.69) is 43.4 Å². The Kier molecular flexibility index (Phi) is 4.65. The van der Waals surface area contributed by atoms with Gasteiger partial charge in [0, 0.05) is 12.0 Å². The van der Waals surface area contributed by atoms with Gasteiger partial charge in [-0.1, -0.05) is 55.3 Å². The van der Waals surface area contributed by atoms with Crippen LogP contribution in [0.3, 0.4) is 0 Å². The lowest BCUT2D eigenvalue weighted by molar-refractivity contribution is 0.0941. The van der Waals surface area contributed by atoms with Crippen LogP contribution in [-0.4, -0.2) is 12.5 Å². The molecule has 0 radical (unpaired) electrons. The number of benzene rings is 2. The first-order valence-electron chi connectivity index (χ1n) is 7.41. The van der Waals surface area contributed by atoms with Gasteiger partial charge in [-0.15, -0.1) is 0 Å². The highest BCUT2D eigenvalue weighted by atomic mass is 19.1. The largest absolute Gasteiger partial charge is 0.351 e. The fourth-order valence-electron chi connectivity index (χ4n) is 2.32. The molecular weight excluding hydrogens is 277 g/mol. The van der Waals surface area contributed by atoms with Crippen molar-refractivity contribution >= 4 is 5.91 Å². The molecule has 0 saturated carbocycles. The normalized spacial score (nSPS) is 11.3. The van der Waals surface area contributed by atoms with Crippen molar-refractivity contribution in [3.8, 4) is 0 Å². The second-order valence-corrected chi connectivity index (χ2v) is 6.42. The lowest BCUT2D eigenvalue weighted by atomic mass is 9.84. The maximum Gasteiger partial charge on any atom is 0.254 e. The molecule has 0 bridgehead atoms. The van der Waals surface area contributed by atoms with Crippen LogP contribution < -0.4 is 5.32 Å². The van der Waals surface area contributed by atoms with Crippen molar-refractivity contribution in [1.29, 1.82) is 0 Å². The Morgan fingerprint density at radius 3 is 2.27 bits per heavy atom.